The number of rotatable bonds is 20. The Morgan fingerprint density at radius 3 is 2.28 bits per heavy atom. The second kappa shape index (κ2) is 17.9. The van der Waals surface area contributed by atoms with Gasteiger partial charge in [0.25, 0.3) is 0 Å². The number of aliphatic hydroxyl groups is 1. The zero-order valence-electron chi connectivity index (χ0n) is 28.3. The average molecular weight is 637 g/mol. The summed E-state index contributed by atoms with van der Waals surface area (Å²) < 4.78 is 10.0. The SMILES string of the molecule is Cc1ccc(C)c(Cn2c(C(O)c3ccncc3)nc3ccc(-c4cnn(CCOCCCCCCCCCCCCN)c4)cc32)c1. The zero-order valence-corrected chi connectivity index (χ0v) is 28.3. The highest BCUT2D eigenvalue weighted by atomic mass is 16.5. The number of aromatic nitrogens is 5. The summed E-state index contributed by atoms with van der Waals surface area (Å²) in [7, 11) is 0. The highest BCUT2D eigenvalue weighted by Gasteiger charge is 2.21. The molecule has 3 heterocycles. The predicted molar refractivity (Wildman–Crippen MR) is 190 cm³/mol. The van der Waals surface area contributed by atoms with Crippen molar-refractivity contribution in [1.82, 2.24) is 24.3 Å². The number of nitrogens with two attached hydrogens (primary N) is 1. The maximum atomic E-state index is 11.5. The number of ether oxygens (including phenoxy) is 1. The van der Waals surface area contributed by atoms with Crippen LogP contribution in [0.5, 0.6) is 0 Å². The van der Waals surface area contributed by atoms with Gasteiger partial charge in [-0.05, 0) is 79.8 Å². The van der Waals surface area contributed by atoms with Crippen LogP contribution in [0.4, 0.5) is 0 Å². The van der Waals surface area contributed by atoms with Gasteiger partial charge in [0.2, 0.25) is 0 Å². The van der Waals surface area contributed by atoms with Gasteiger partial charge >= 0.3 is 0 Å². The maximum Gasteiger partial charge on any atom is 0.143 e. The number of aryl methyl sites for hydroxylation is 2. The number of hydrogen-bond acceptors (Lipinski definition) is 6. The lowest BCUT2D eigenvalue weighted by atomic mass is 10.0. The number of aliphatic hydroxyl groups excluding tert-OH is 1. The minimum absolute atomic E-state index is 0.608. The molecule has 3 N–H and O–H groups in total. The lowest BCUT2D eigenvalue weighted by molar-refractivity contribution is 0.120. The van der Waals surface area contributed by atoms with E-state index in [1.807, 2.05) is 29.1 Å². The third-order valence-electron chi connectivity index (χ3n) is 9.05. The molecule has 0 bridgehead atoms. The van der Waals surface area contributed by atoms with Crippen LogP contribution < -0.4 is 5.73 Å². The van der Waals surface area contributed by atoms with Crippen LogP contribution in [-0.2, 0) is 17.8 Å². The van der Waals surface area contributed by atoms with Crippen molar-refractivity contribution in [3.05, 3.63) is 101 Å². The minimum atomic E-state index is -0.872. The van der Waals surface area contributed by atoms with Crippen LogP contribution in [0.15, 0.2) is 73.3 Å². The Bertz CT molecular complexity index is 1660. The fourth-order valence-corrected chi connectivity index (χ4v) is 6.19. The molecule has 250 valence electrons. The summed E-state index contributed by atoms with van der Waals surface area (Å²) in [6, 6.07) is 16.5. The van der Waals surface area contributed by atoms with Crippen LogP contribution in [0.1, 0.15) is 98.4 Å². The molecule has 2 aromatic carbocycles. The number of imidazole rings is 1. The lowest BCUT2D eigenvalue weighted by Gasteiger charge is -2.16. The second-order valence-electron chi connectivity index (χ2n) is 12.8. The first-order valence-electron chi connectivity index (χ1n) is 17.5. The number of pyridine rings is 1. The summed E-state index contributed by atoms with van der Waals surface area (Å²) in [5.41, 5.74) is 13.9. The van der Waals surface area contributed by atoms with Gasteiger partial charge in [-0.3, -0.25) is 9.67 Å². The molecule has 0 saturated heterocycles. The van der Waals surface area contributed by atoms with E-state index in [1.165, 1.54) is 74.5 Å². The van der Waals surface area contributed by atoms with E-state index in [-0.39, 0.29) is 0 Å². The van der Waals surface area contributed by atoms with Gasteiger partial charge in [0.1, 0.15) is 11.9 Å². The number of nitrogens with zero attached hydrogens (tertiary/aromatic N) is 5. The third kappa shape index (κ3) is 9.83. The molecule has 1 unspecified atom stereocenters. The van der Waals surface area contributed by atoms with Crippen molar-refractivity contribution < 1.29 is 9.84 Å². The molecule has 8 nitrogen and oxygen atoms in total. The molecule has 1 atom stereocenters. The molecule has 0 fully saturated rings. The first kappa shape index (κ1) is 34.5. The minimum Gasteiger partial charge on any atom is -0.380 e. The van der Waals surface area contributed by atoms with Crippen LogP contribution in [0.25, 0.3) is 22.2 Å². The van der Waals surface area contributed by atoms with Crippen LogP contribution in [0, 0.1) is 13.8 Å². The van der Waals surface area contributed by atoms with Crippen LogP contribution in [0.3, 0.4) is 0 Å². The smallest absolute Gasteiger partial charge is 0.143 e. The molecular weight excluding hydrogens is 584 g/mol. The van der Waals surface area contributed by atoms with E-state index in [0.29, 0.717) is 19.0 Å². The van der Waals surface area contributed by atoms with Crippen LogP contribution in [0.2, 0.25) is 0 Å². The molecule has 0 aliphatic heterocycles. The Morgan fingerprint density at radius 2 is 1.53 bits per heavy atom. The predicted octanol–water partition coefficient (Wildman–Crippen LogP) is 7.92. The highest BCUT2D eigenvalue weighted by molar-refractivity contribution is 5.82. The van der Waals surface area contributed by atoms with Gasteiger partial charge < -0.3 is 20.1 Å². The monoisotopic (exact) mass is 636 g/mol. The molecule has 0 spiro atoms. The van der Waals surface area contributed by atoms with Crippen molar-refractivity contribution in [2.75, 3.05) is 19.8 Å². The Morgan fingerprint density at radius 1 is 0.809 bits per heavy atom. The highest BCUT2D eigenvalue weighted by Crippen LogP contribution is 2.30. The van der Waals surface area contributed by atoms with Gasteiger partial charge in [0.05, 0.1) is 30.4 Å². The van der Waals surface area contributed by atoms with Crippen molar-refractivity contribution >= 4 is 11.0 Å². The van der Waals surface area contributed by atoms with E-state index in [2.05, 4.69) is 65.0 Å². The lowest BCUT2D eigenvalue weighted by Crippen LogP contribution is -2.12. The average Bonchev–Trinajstić information content (AvgIpc) is 3.71. The molecule has 0 amide bonds. The topological polar surface area (TPSA) is 104 Å². The molecule has 0 aliphatic carbocycles. The number of unbranched alkanes of at least 4 members (excludes halogenated alkanes) is 9. The van der Waals surface area contributed by atoms with Crippen molar-refractivity contribution in [3.8, 4) is 11.1 Å². The molecule has 0 saturated carbocycles. The fraction of sp³-hybridized carbons (Fsp3) is 0.462. The molecule has 0 radical (unpaired) electrons. The van der Waals surface area contributed by atoms with E-state index >= 15 is 0 Å². The van der Waals surface area contributed by atoms with E-state index in [1.54, 1.807) is 12.4 Å². The summed E-state index contributed by atoms with van der Waals surface area (Å²) in [6.45, 7) is 7.86. The van der Waals surface area contributed by atoms with Crippen molar-refractivity contribution in [2.45, 2.75) is 97.2 Å². The fourth-order valence-electron chi connectivity index (χ4n) is 6.19. The largest absolute Gasteiger partial charge is 0.380 e. The van der Waals surface area contributed by atoms with Gasteiger partial charge in [-0.15, -0.1) is 0 Å². The summed E-state index contributed by atoms with van der Waals surface area (Å²) in [5.74, 6) is 0.617. The third-order valence-corrected chi connectivity index (χ3v) is 9.05. The summed E-state index contributed by atoms with van der Waals surface area (Å²) >= 11 is 0. The number of hydrogen-bond donors (Lipinski definition) is 2. The van der Waals surface area contributed by atoms with Gasteiger partial charge in [0, 0.05) is 37.3 Å². The number of fused-ring (bicyclic) bond motifs is 1. The van der Waals surface area contributed by atoms with Gasteiger partial charge in [-0.1, -0.05) is 81.2 Å². The van der Waals surface area contributed by atoms with Gasteiger partial charge in [-0.25, -0.2) is 4.98 Å². The molecule has 8 heteroatoms. The Balaban J connectivity index is 1.18. The maximum absolute atomic E-state index is 11.5. The number of benzene rings is 2. The summed E-state index contributed by atoms with van der Waals surface area (Å²) in [4.78, 5) is 9.05. The normalized spacial score (nSPS) is 12.3. The Hall–Kier alpha value is -3.85. The Kier molecular flexibility index (Phi) is 13.1. The standard InChI is InChI=1S/C39H52N6O2/c1-30-13-14-31(2)34(25-30)29-45-37-26-33(15-16-36(37)43-39(45)38(46)32-17-20-41-21-18-32)35-27-42-44(28-35)22-24-47-23-12-10-8-6-4-3-5-7-9-11-19-40/h13-18,20-21,25-28,38,46H,3-12,19,22-24,29,40H2,1-2H3. The van der Waals surface area contributed by atoms with Gasteiger partial charge in [-0.2, -0.15) is 5.10 Å². The van der Waals surface area contributed by atoms with Gasteiger partial charge in [0.15, 0.2) is 0 Å². The molecule has 3 aromatic heterocycles. The second-order valence-corrected chi connectivity index (χ2v) is 12.8. The summed E-state index contributed by atoms with van der Waals surface area (Å²) in [6.07, 6.45) is 19.4. The van der Waals surface area contributed by atoms with E-state index in [4.69, 9.17) is 15.5 Å². The molecular formula is C39H52N6O2. The van der Waals surface area contributed by atoms with E-state index < -0.39 is 6.10 Å². The Labute approximate surface area is 280 Å². The molecule has 0 aliphatic rings. The summed E-state index contributed by atoms with van der Waals surface area (Å²) in [5, 5.41) is 16.1. The van der Waals surface area contributed by atoms with Crippen molar-refractivity contribution in [2.24, 2.45) is 5.73 Å². The van der Waals surface area contributed by atoms with Crippen molar-refractivity contribution in [1.29, 1.82) is 0 Å². The first-order chi connectivity index (χ1) is 23.0. The zero-order chi connectivity index (χ0) is 32.8. The molecule has 5 aromatic rings. The first-order valence-corrected chi connectivity index (χ1v) is 17.5. The van der Waals surface area contributed by atoms with Crippen LogP contribution in [-0.4, -0.2) is 49.2 Å². The quantitative estimate of drug-likeness (QED) is 0.0842. The van der Waals surface area contributed by atoms with Crippen molar-refractivity contribution in [3.63, 3.8) is 0 Å². The molecule has 47 heavy (non-hydrogen) atoms. The van der Waals surface area contributed by atoms with Crippen LogP contribution >= 0.6 is 0 Å². The van der Waals surface area contributed by atoms with E-state index in [0.717, 1.165) is 53.8 Å². The molecule has 5 rings (SSSR count). The van der Waals surface area contributed by atoms with E-state index in [9.17, 15) is 5.11 Å².